The maximum Gasteiger partial charge on any atom is 0.279 e. The van der Waals surface area contributed by atoms with E-state index in [0.29, 0.717) is 13.0 Å². The minimum Gasteiger partial charge on any atom is -0.396 e. The molecule has 1 atom stereocenters. The first-order valence-electron chi connectivity index (χ1n) is 7.34. The van der Waals surface area contributed by atoms with Crippen LogP contribution in [0, 0.1) is 5.92 Å². The molecule has 1 aliphatic carbocycles. The summed E-state index contributed by atoms with van der Waals surface area (Å²) in [6, 6.07) is 0.143. The van der Waals surface area contributed by atoms with Crippen LogP contribution >= 0.6 is 0 Å². The highest BCUT2D eigenvalue weighted by Crippen LogP contribution is 2.23. The number of aliphatic hydroxyl groups excluding tert-OH is 1. The van der Waals surface area contributed by atoms with Crippen molar-refractivity contribution in [1.82, 2.24) is 9.03 Å². The van der Waals surface area contributed by atoms with Crippen LogP contribution in [-0.4, -0.2) is 44.1 Å². The summed E-state index contributed by atoms with van der Waals surface area (Å²) in [4.78, 5) is 0. The number of hydrogen-bond acceptors (Lipinski definition) is 3. The molecule has 1 saturated carbocycles. The molecule has 0 aromatic rings. The van der Waals surface area contributed by atoms with E-state index in [0.717, 1.165) is 32.1 Å². The summed E-state index contributed by atoms with van der Waals surface area (Å²) in [7, 11) is -1.71. The van der Waals surface area contributed by atoms with Gasteiger partial charge in [-0.2, -0.15) is 12.7 Å². The lowest BCUT2D eigenvalue weighted by molar-refractivity contribution is 0.252. The van der Waals surface area contributed by atoms with E-state index < -0.39 is 10.2 Å². The Morgan fingerprint density at radius 1 is 1.32 bits per heavy atom. The monoisotopic (exact) mass is 292 g/mol. The number of rotatable bonds is 8. The van der Waals surface area contributed by atoms with Gasteiger partial charge in [-0.05, 0) is 25.2 Å². The van der Waals surface area contributed by atoms with E-state index >= 15 is 0 Å². The lowest BCUT2D eigenvalue weighted by Crippen LogP contribution is -2.46. The van der Waals surface area contributed by atoms with Gasteiger partial charge in [-0.25, -0.2) is 4.72 Å². The Labute approximate surface area is 117 Å². The van der Waals surface area contributed by atoms with Gasteiger partial charge in [-0.15, -0.1) is 0 Å². The first kappa shape index (κ1) is 16.9. The van der Waals surface area contributed by atoms with Crippen LogP contribution in [0.2, 0.25) is 0 Å². The summed E-state index contributed by atoms with van der Waals surface area (Å²) in [5, 5.41) is 8.92. The molecule has 2 N–H and O–H groups in total. The normalized spacial score (nSPS) is 19.8. The molecular formula is C13H28N2O3S. The molecule has 0 spiro atoms. The van der Waals surface area contributed by atoms with Gasteiger partial charge < -0.3 is 5.11 Å². The van der Waals surface area contributed by atoms with Gasteiger partial charge in [0.25, 0.3) is 10.2 Å². The standard InChI is InChI=1S/C13H28N2O3S/c1-3-12(9-10-16)11-14-19(17,18)15(2)13-7-5-4-6-8-13/h12-14,16H,3-11H2,1-2H3. The maximum atomic E-state index is 12.2. The minimum atomic E-state index is -3.38. The fourth-order valence-corrected chi connectivity index (χ4v) is 3.85. The number of aliphatic hydroxyl groups is 1. The molecule has 0 bridgehead atoms. The molecule has 0 radical (unpaired) electrons. The zero-order chi connectivity index (χ0) is 14.3. The third-order valence-electron chi connectivity index (χ3n) is 4.14. The average molecular weight is 292 g/mol. The van der Waals surface area contributed by atoms with Gasteiger partial charge in [0.15, 0.2) is 0 Å². The van der Waals surface area contributed by atoms with Crippen molar-refractivity contribution in [3.63, 3.8) is 0 Å². The van der Waals surface area contributed by atoms with Crippen molar-refractivity contribution in [3.05, 3.63) is 0 Å². The molecule has 5 nitrogen and oxygen atoms in total. The fourth-order valence-electron chi connectivity index (χ4n) is 2.60. The molecule has 0 amide bonds. The molecular weight excluding hydrogens is 264 g/mol. The van der Waals surface area contributed by atoms with Gasteiger partial charge in [-0.3, -0.25) is 0 Å². The molecule has 114 valence electrons. The van der Waals surface area contributed by atoms with Crippen LogP contribution in [0.15, 0.2) is 0 Å². The van der Waals surface area contributed by atoms with Crippen molar-refractivity contribution in [3.8, 4) is 0 Å². The quantitative estimate of drug-likeness (QED) is 0.712. The molecule has 0 heterocycles. The van der Waals surface area contributed by atoms with Crippen LogP contribution in [0.25, 0.3) is 0 Å². The molecule has 0 aliphatic heterocycles. The molecule has 0 aromatic heterocycles. The molecule has 1 unspecified atom stereocenters. The van der Waals surface area contributed by atoms with Crippen molar-refractivity contribution in [2.24, 2.45) is 5.92 Å². The first-order valence-corrected chi connectivity index (χ1v) is 8.78. The number of nitrogens with one attached hydrogen (secondary N) is 1. The molecule has 19 heavy (non-hydrogen) atoms. The van der Waals surface area contributed by atoms with E-state index in [4.69, 9.17) is 5.11 Å². The third-order valence-corrected chi connectivity index (χ3v) is 5.73. The highest BCUT2D eigenvalue weighted by atomic mass is 32.2. The van der Waals surface area contributed by atoms with Crippen molar-refractivity contribution in [1.29, 1.82) is 0 Å². The Kier molecular flexibility index (Phi) is 7.28. The van der Waals surface area contributed by atoms with Crippen molar-refractivity contribution in [2.75, 3.05) is 20.2 Å². The largest absolute Gasteiger partial charge is 0.396 e. The highest BCUT2D eigenvalue weighted by molar-refractivity contribution is 7.87. The van der Waals surface area contributed by atoms with E-state index in [2.05, 4.69) is 4.72 Å². The van der Waals surface area contributed by atoms with Crippen molar-refractivity contribution in [2.45, 2.75) is 57.9 Å². The second-order valence-corrected chi connectivity index (χ2v) is 7.26. The maximum absolute atomic E-state index is 12.2. The molecule has 0 aromatic carbocycles. The van der Waals surface area contributed by atoms with Gasteiger partial charge in [0.05, 0.1) is 0 Å². The fraction of sp³-hybridized carbons (Fsp3) is 1.00. The Balaban J connectivity index is 2.49. The third kappa shape index (κ3) is 5.38. The zero-order valence-electron chi connectivity index (χ0n) is 12.1. The van der Waals surface area contributed by atoms with Crippen LogP contribution in [0.3, 0.4) is 0 Å². The van der Waals surface area contributed by atoms with Gasteiger partial charge in [0.2, 0.25) is 0 Å². The molecule has 1 rings (SSSR count). The SMILES string of the molecule is CCC(CCO)CNS(=O)(=O)N(C)C1CCCCC1. The summed E-state index contributed by atoms with van der Waals surface area (Å²) in [6.45, 7) is 2.54. The van der Waals surface area contributed by atoms with Crippen molar-refractivity contribution < 1.29 is 13.5 Å². The van der Waals surface area contributed by atoms with Gasteiger partial charge in [0.1, 0.15) is 0 Å². The molecule has 0 saturated heterocycles. The molecule has 1 fully saturated rings. The lowest BCUT2D eigenvalue weighted by Gasteiger charge is -2.30. The van der Waals surface area contributed by atoms with E-state index in [9.17, 15) is 8.42 Å². The summed E-state index contributed by atoms with van der Waals surface area (Å²) in [5.74, 6) is 0.208. The second-order valence-electron chi connectivity index (χ2n) is 5.45. The van der Waals surface area contributed by atoms with E-state index in [1.807, 2.05) is 6.92 Å². The summed E-state index contributed by atoms with van der Waals surface area (Å²) in [6.07, 6.45) is 6.89. The Morgan fingerprint density at radius 2 is 1.95 bits per heavy atom. The van der Waals surface area contributed by atoms with Crippen LogP contribution in [-0.2, 0) is 10.2 Å². The lowest BCUT2D eigenvalue weighted by atomic mass is 9.96. The van der Waals surface area contributed by atoms with E-state index in [-0.39, 0.29) is 18.6 Å². The van der Waals surface area contributed by atoms with Crippen molar-refractivity contribution >= 4 is 10.2 Å². The topological polar surface area (TPSA) is 69.6 Å². The Hall–Kier alpha value is -0.170. The minimum absolute atomic E-state index is 0.110. The summed E-state index contributed by atoms with van der Waals surface area (Å²) < 4.78 is 28.6. The second kappa shape index (κ2) is 8.19. The molecule has 1 aliphatic rings. The Bertz CT molecular complexity index is 340. The zero-order valence-corrected chi connectivity index (χ0v) is 13.0. The van der Waals surface area contributed by atoms with Gasteiger partial charge >= 0.3 is 0 Å². The Morgan fingerprint density at radius 3 is 2.47 bits per heavy atom. The van der Waals surface area contributed by atoms with Crippen LogP contribution in [0.4, 0.5) is 0 Å². The average Bonchev–Trinajstić information content (AvgIpc) is 2.43. The van der Waals surface area contributed by atoms with Crippen LogP contribution < -0.4 is 4.72 Å². The van der Waals surface area contributed by atoms with Gasteiger partial charge in [-0.1, -0.05) is 32.6 Å². The van der Waals surface area contributed by atoms with Crippen LogP contribution in [0.1, 0.15) is 51.9 Å². The van der Waals surface area contributed by atoms with E-state index in [1.54, 1.807) is 7.05 Å². The van der Waals surface area contributed by atoms with E-state index in [1.165, 1.54) is 10.7 Å². The number of nitrogens with zero attached hydrogens (tertiary/aromatic N) is 1. The number of hydrogen-bond donors (Lipinski definition) is 2. The summed E-state index contributed by atoms with van der Waals surface area (Å²) in [5.41, 5.74) is 0. The van der Waals surface area contributed by atoms with Gasteiger partial charge in [0, 0.05) is 26.2 Å². The smallest absolute Gasteiger partial charge is 0.279 e. The highest BCUT2D eigenvalue weighted by Gasteiger charge is 2.27. The van der Waals surface area contributed by atoms with Crippen LogP contribution in [0.5, 0.6) is 0 Å². The first-order chi connectivity index (χ1) is 9.01. The molecule has 6 heteroatoms. The predicted octanol–water partition coefficient (Wildman–Crippen LogP) is 1.49. The summed E-state index contributed by atoms with van der Waals surface area (Å²) >= 11 is 0. The predicted molar refractivity (Wildman–Crippen MR) is 77.0 cm³/mol.